The fourth-order valence-electron chi connectivity index (χ4n) is 2.22. The van der Waals surface area contributed by atoms with Gasteiger partial charge in [0.05, 0.1) is 17.2 Å². The Kier molecular flexibility index (Phi) is 4.95. The molecule has 0 radical (unpaired) electrons. The number of aromatic nitrogens is 1. The Balaban J connectivity index is 1.41. The lowest BCUT2D eigenvalue weighted by Crippen LogP contribution is -2.37. The van der Waals surface area contributed by atoms with E-state index < -0.39 is 0 Å². The van der Waals surface area contributed by atoms with Gasteiger partial charge in [-0.25, -0.2) is 4.98 Å². The molecule has 0 bridgehead atoms. The van der Waals surface area contributed by atoms with Crippen LogP contribution < -0.4 is 20.1 Å². The highest BCUT2D eigenvalue weighted by Gasteiger charge is 2.16. The third-order valence-electron chi connectivity index (χ3n) is 3.41. The molecule has 2 aromatic rings. The first-order chi connectivity index (χ1) is 11.6. The zero-order valence-corrected chi connectivity index (χ0v) is 13.9. The maximum absolute atomic E-state index is 12.1. The molecule has 0 spiro atoms. The van der Waals surface area contributed by atoms with E-state index in [0.717, 1.165) is 10.7 Å². The van der Waals surface area contributed by atoms with Crippen LogP contribution in [0.2, 0.25) is 0 Å². The van der Waals surface area contributed by atoms with E-state index in [-0.39, 0.29) is 25.2 Å². The summed E-state index contributed by atoms with van der Waals surface area (Å²) < 4.78 is 10.4. The van der Waals surface area contributed by atoms with Crippen LogP contribution in [0.5, 0.6) is 11.5 Å². The molecule has 126 valence electrons. The predicted octanol–water partition coefficient (Wildman–Crippen LogP) is 1.27. The largest absolute Gasteiger partial charge is 0.454 e. The van der Waals surface area contributed by atoms with Crippen LogP contribution in [-0.2, 0) is 11.2 Å². The number of fused-ring (bicyclic) bond motifs is 1. The van der Waals surface area contributed by atoms with Gasteiger partial charge in [0.15, 0.2) is 11.5 Å². The molecule has 7 nitrogen and oxygen atoms in total. The average Bonchev–Trinajstić information content (AvgIpc) is 3.20. The number of amides is 2. The number of thiazole rings is 1. The van der Waals surface area contributed by atoms with Crippen molar-refractivity contribution in [2.45, 2.75) is 13.3 Å². The van der Waals surface area contributed by atoms with Crippen LogP contribution >= 0.6 is 11.3 Å². The Morgan fingerprint density at radius 2 is 2.08 bits per heavy atom. The van der Waals surface area contributed by atoms with Gasteiger partial charge in [-0.2, -0.15) is 0 Å². The van der Waals surface area contributed by atoms with Gasteiger partial charge in [-0.1, -0.05) is 0 Å². The van der Waals surface area contributed by atoms with E-state index >= 15 is 0 Å². The molecule has 0 fully saturated rings. The molecular weight excluding hydrogens is 330 g/mol. The van der Waals surface area contributed by atoms with Gasteiger partial charge in [-0.15, -0.1) is 11.3 Å². The highest BCUT2D eigenvalue weighted by molar-refractivity contribution is 7.09. The maximum Gasteiger partial charge on any atom is 0.251 e. The predicted molar refractivity (Wildman–Crippen MR) is 88.5 cm³/mol. The van der Waals surface area contributed by atoms with E-state index in [9.17, 15) is 9.59 Å². The molecule has 1 aromatic heterocycles. The van der Waals surface area contributed by atoms with Crippen molar-refractivity contribution in [3.63, 3.8) is 0 Å². The number of carbonyl (C=O) groups excluding carboxylic acids is 2. The Hall–Kier alpha value is -2.61. The van der Waals surface area contributed by atoms with Crippen molar-refractivity contribution in [3.8, 4) is 11.5 Å². The first-order valence-corrected chi connectivity index (χ1v) is 8.35. The molecule has 8 heteroatoms. The van der Waals surface area contributed by atoms with E-state index in [1.54, 1.807) is 29.5 Å². The van der Waals surface area contributed by atoms with Gasteiger partial charge in [-0.05, 0) is 25.1 Å². The number of benzene rings is 1. The minimum Gasteiger partial charge on any atom is -0.454 e. The number of nitrogens with zero attached hydrogens (tertiary/aromatic N) is 1. The van der Waals surface area contributed by atoms with Crippen LogP contribution in [0.3, 0.4) is 0 Å². The first kappa shape index (κ1) is 16.3. The fraction of sp³-hybridized carbons (Fsp3) is 0.312. The molecule has 1 aliphatic heterocycles. The van der Waals surface area contributed by atoms with Crippen molar-refractivity contribution in [3.05, 3.63) is 39.8 Å². The van der Waals surface area contributed by atoms with Gasteiger partial charge in [0, 0.05) is 23.9 Å². The molecule has 3 rings (SSSR count). The van der Waals surface area contributed by atoms with Gasteiger partial charge in [0.2, 0.25) is 12.7 Å². The average molecular weight is 347 g/mol. The Labute approximate surface area is 143 Å². The van der Waals surface area contributed by atoms with Crippen molar-refractivity contribution in [1.29, 1.82) is 0 Å². The lowest BCUT2D eigenvalue weighted by molar-refractivity contribution is -0.120. The van der Waals surface area contributed by atoms with Crippen LogP contribution in [0.25, 0.3) is 0 Å². The van der Waals surface area contributed by atoms with E-state index in [2.05, 4.69) is 15.6 Å². The molecule has 0 aliphatic carbocycles. The highest BCUT2D eigenvalue weighted by atomic mass is 32.1. The van der Waals surface area contributed by atoms with Crippen LogP contribution in [0.4, 0.5) is 0 Å². The second-order valence-corrected chi connectivity index (χ2v) is 6.27. The van der Waals surface area contributed by atoms with Crippen molar-refractivity contribution in [1.82, 2.24) is 15.6 Å². The SMILES string of the molecule is Cc1nc(CCNC(=O)CNC(=O)c2ccc3c(c2)OCO3)cs1. The molecule has 0 saturated heterocycles. The van der Waals surface area contributed by atoms with Gasteiger partial charge in [0.1, 0.15) is 0 Å². The van der Waals surface area contributed by atoms with Crippen LogP contribution in [0, 0.1) is 6.92 Å². The highest BCUT2D eigenvalue weighted by Crippen LogP contribution is 2.32. The number of ether oxygens (including phenoxy) is 2. The number of carbonyl (C=O) groups is 2. The number of nitrogens with one attached hydrogen (secondary N) is 2. The Morgan fingerprint density at radius 3 is 2.88 bits per heavy atom. The summed E-state index contributed by atoms with van der Waals surface area (Å²) in [6.45, 7) is 2.50. The van der Waals surface area contributed by atoms with Crippen LogP contribution in [0.1, 0.15) is 21.1 Å². The summed E-state index contributed by atoms with van der Waals surface area (Å²) in [5.74, 6) is 0.571. The first-order valence-electron chi connectivity index (χ1n) is 7.47. The molecule has 1 aliphatic rings. The number of hydrogen-bond donors (Lipinski definition) is 2. The summed E-state index contributed by atoms with van der Waals surface area (Å²) >= 11 is 1.58. The molecular formula is C16H17N3O4S. The van der Waals surface area contributed by atoms with E-state index in [4.69, 9.17) is 9.47 Å². The molecule has 2 amide bonds. The van der Waals surface area contributed by atoms with E-state index in [1.165, 1.54) is 0 Å². The molecule has 2 heterocycles. The summed E-state index contributed by atoms with van der Waals surface area (Å²) in [5, 5.41) is 8.32. The quantitative estimate of drug-likeness (QED) is 0.821. The van der Waals surface area contributed by atoms with Gasteiger partial charge >= 0.3 is 0 Å². The summed E-state index contributed by atoms with van der Waals surface area (Å²) in [6, 6.07) is 4.90. The number of rotatable bonds is 6. The standard InChI is InChI=1S/C16H17N3O4S/c1-10-19-12(8-24-10)4-5-17-15(20)7-18-16(21)11-2-3-13-14(6-11)23-9-22-13/h2-3,6,8H,4-5,7,9H2,1H3,(H,17,20)(H,18,21). The van der Waals surface area contributed by atoms with Crippen LogP contribution in [-0.4, -0.2) is 36.7 Å². The molecule has 0 unspecified atom stereocenters. The van der Waals surface area contributed by atoms with Gasteiger partial charge < -0.3 is 20.1 Å². The van der Waals surface area contributed by atoms with Gasteiger partial charge in [-0.3, -0.25) is 9.59 Å². The zero-order chi connectivity index (χ0) is 16.9. The summed E-state index contributed by atoms with van der Waals surface area (Å²) in [7, 11) is 0. The smallest absolute Gasteiger partial charge is 0.251 e. The van der Waals surface area contributed by atoms with Crippen molar-refractivity contribution >= 4 is 23.2 Å². The fourth-order valence-corrected chi connectivity index (χ4v) is 2.86. The number of aryl methyl sites for hydroxylation is 1. The zero-order valence-electron chi connectivity index (χ0n) is 13.1. The molecule has 0 saturated carbocycles. The minimum absolute atomic E-state index is 0.0800. The molecule has 2 N–H and O–H groups in total. The normalized spacial score (nSPS) is 12.0. The van der Waals surface area contributed by atoms with Gasteiger partial charge in [0.25, 0.3) is 5.91 Å². The Morgan fingerprint density at radius 1 is 1.25 bits per heavy atom. The second kappa shape index (κ2) is 7.31. The summed E-state index contributed by atoms with van der Waals surface area (Å²) in [6.07, 6.45) is 0.673. The third kappa shape index (κ3) is 4.02. The van der Waals surface area contributed by atoms with E-state index in [0.29, 0.717) is 30.0 Å². The van der Waals surface area contributed by atoms with E-state index in [1.807, 2.05) is 12.3 Å². The van der Waals surface area contributed by atoms with Crippen molar-refractivity contribution in [2.75, 3.05) is 19.9 Å². The summed E-state index contributed by atoms with van der Waals surface area (Å²) in [5.41, 5.74) is 1.38. The lowest BCUT2D eigenvalue weighted by Gasteiger charge is -2.07. The Bertz CT molecular complexity index is 760. The number of hydrogen-bond acceptors (Lipinski definition) is 6. The molecule has 1 aromatic carbocycles. The lowest BCUT2D eigenvalue weighted by atomic mass is 10.2. The maximum atomic E-state index is 12.1. The van der Waals surface area contributed by atoms with Crippen LogP contribution in [0.15, 0.2) is 23.6 Å². The topological polar surface area (TPSA) is 89.6 Å². The monoisotopic (exact) mass is 347 g/mol. The molecule has 0 atom stereocenters. The van der Waals surface area contributed by atoms with Crippen molar-refractivity contribution < 1.29 is 19.1 Å². The third-order valence-corrected chi connectivity index (χ3v) is 4.24. The van der Waals surface area contributed by atoms with Crippen molar-refractivity contribution in [2.24, 2.45) is 0 Å². The second-order valence-electron chi connectivity index (χ2n) is 5.21. The summed E-state index contributed by atoms with van der Waals surface area (Å²) in [4.78, 5) is 28.1. The molecule has 24 heavy (non-hydrogen) atoms. The minimum atomic E-state index is -0.335.